The smallest absolute Gasteiger partial charge is 0.265 e. The van der Waals surface area contributed by atoms with Crippen molar-refractivity contribution < 1.29 is 9.53 Å². The Morgan fingerprint density at radius 2 is 1.90 bits per heavy atom. The van der Waals surface area contributed by atoms with Gasteiger partial charge in [-0.25, -0.2) is 0 Å². The number of rotatable bonds is 3. The molecular weight excluding hydrogens is 350 g/mol. The highest BCUT2D eigenvalue weighted by Gasteiger charge is 2.26. The van der Waals surface area contributed by atoms with Crippen molar-refractivity contribution in [2.45, 2.75) is 18.9 Å². The van der Waals surface area contributed by atoms with Gasteiger partial charge in [0.1, 0.15) is 16.7 Å². The van der Waals surface area contributed by atoms with Crippen LogP contribution in [0.4, 0.5) is 0 Å². The van der Waals surface area contributed by atoms with Gasteiger partial charge in [-0.3, -0.25) is 4.79 Å². The number of hydrogen-bond donors (Lipinski definition) is 0. The number of ether oxygens (including phenoxy) is 1. The zero-order chi connectivity index (χ0) is 14.7. The van der Waals surface area contributed by atoms with Crippen molar-refractivity contribution in [1.29, 1.82) is 0 Å². The molecule has 3 rings (SSSR count). The molecule has 0 N–H and O–H groups in total. The van der Waals surface area contributed by atoms with Crippen LogP contribution in [0.25, 0.3) is 0 Å². The number of amides is 1. The van der Waals surface area contributed by atoms with Gasteiger partial charge in [-0.2, -0.15) is 0 Å². The molecule has 1 fully saturated rings. The van der Waals surface area contributed by atoms with Crippen LogP contribution in [-0.4, -0.2) is 30.0 Å². The molecule has 1 aliphatic rings. The average Bonchev–Trinajstić information content (AvgIpc) is 2.94. The molecule has 2 aromatic rings. The predicted octanol–water partition coefficient (Wildman–Crippen LogP) is 4.19. The minimum Gasteiger partial charge on any atom is -0.490 e. The molecule has 1 aromatic heterocycles. The zero-order valence-electron chi connectivity index (χ0n) is 11.5. The predicted molar refractivity (Wildman–Crippen MR) is 88.0 cm³/mol. The van der Waals surface area contributed by atoms with Gasteiger partial charge >= 0.3 is 0 Å². The van der Waals surface area contributed by atoms with Crippen LogP contribution >= 0.6 is 27.3 Å². The lowest BCUT2D eigenvalue weighted by molar-refractivity contribution is 0.0599. The van der Waals surface area contributed by atoms with Gasteiger partial charge < -0.3 is 9.64 Å². The largest absolute Gasteiger partial charge is 0.490 e. The van der Waals surface area contributed by atoms with Gasteiger partial charge in [0.05, 0.1) is 0 Å². The second-order valence-electron chi connectivity index (χ2n) is 5.02. The maximum atomic E-state index is 12.4. The molecular formula is C16H16BrNO2S. The molecule has 21 heavy (non-hydrogen) atoms. The Morgan fingerprint density at radius 1 is 1.19 bits per heavy atom. The maximum absolute atomic E-state index is 12.4. The van der Waals surface area contributed by atoms with Crippen LogP contribution in [0.1, 0.15) is 22.5 Å². The molecule has 0 unspecified atom stereocenters. The van der Waals surface area contributed by atoms with Crippen LogP contribution in [0, 0.1) is 0 Å². The number of thiophene rings is 1. The van der Waals surface area contributed by atoms with E-state index >= 15 is 0 Å². The minimum absolute atomic E-state index is 0.120. The lowest BCUT2D eigenvalue weighted by Gasteiger charge is -2.32. The minimum atomic E-state index is 0.120. The van der Waals surface area contributed by atoms with Crippen molar-refractivity contribution in [2.24, 2.45) is 0 Å². The fraction of sp³-hybridized carbons (Fsp3) is 0.312. The number of benzene rings is 1. The Kier molecular flexibility index (Phi) is 4.60. The van der Waals surface area contributed by atoms with E-state index in [2.05, 4.69) is 15.9 Å². The molecule has 110 valence electrons. The molecule has 1 saturated heterocycles. The number of nitrogens with zero attached hydrogens (tertiary/aromatic N) is 1. The second-order valence-corrected chi connectivity index (χ2v) is 6.79. The first kappa shape index (κ1) is 14.6. The highest BCUT2D eigenvalue weighted by Crippen LogP contribution is 2.26. The third kappa shape index (κ3) is 3.47. The third-order valence-electron chi connectivity index (χ3n) is 3.59. The van der Waals surface area contributed by atoms with Gasteiger partial charge in [0.2, 0.25) is 0 Å². The van der Waals surface area contributed by atoms with Crippen LogP contribution in [0.5, 0.6) is 5.75 Å². The number of carbonyl (C=O) groups excluding carboxylic acids is 1. The number of piperidine rings is 1. The standard InChI is InChI=1S/C16H16BrNO2S/c17-14-8-11-21-15(14)16(19)18-9-6-13(7-10-18)20-12-4-2-1-3-5-12/h1-5,8,11,13H,6-7,9-10H2. The van der Waals surface area contributed by atoms with Crippen molar-refractivity contribution in [1.82, 2.24) is 4.90 Å². The molecule has 3 nitrogen and oxygen atoms in total. The Balaban J connectivity index is 1.56. The molecule has 1 aliphatic heterocycles. The first-order valence-corrected chi connectivity index (χ1v) is 8.65. The topological polar surface area (TPSA) is 29.5 Å². The van der Waals surface area contributed by atoms with E-state index in [1.54, 1.807) is 0 Å². The zero-order valence-corrected chi connectivity index (χ0v) is 13.9. The van der Waals surface area contributed by atoms with E-state index in [4.69, 9.17) is 4.74 Å². The number of halogens is 1. The van der Waals surface area contributed by atoms with E-state index in [9.17, 15) is 4.79 Å². The van der Waals surface area contributed by atoms with E-state index in [-0.39, 0.29) is 12.0 Å². The van der Waals surface area contributed by atoms with Gasteiger partial charge in [0.25, 0.3) is 5.91 Å². The first-order chi connectivity index (χ1) is 10.2. The summed E-state index contributed by atoms with van der Waals surface area (Å²) in [5, 5.41) is 1.93. The molecule has 1 amide bonds. The molecule has 0 atom stereocenters. The molecule has 0 spiro atoms. The van der Waals surface area contributed by atoms with Crippen molar-refractivity contribution in [3.63, 3.8) is 0 Å². The summed E-state index contributed by atoms with van der Waals surface area (Å²) < 4.78 is 6.84. The van der Waals surface area contributed by atoms with Gasteiger partial charge in [0.15, 0.2) is 0 Å². The maximum Gasteiger partial charge on any atom is 0.265 e. The highest BCUT2D eigenvalue weighted by molar-refractivity contribution is 9.10. The van der Waals surface area contributed by atoms with Gasteiger partial charge in [0, 0.05) is 30.4 Å². The average molecular weight is 366 g/mol. The van der Waals surface area contributed by atoms with E-state index in [0.717, 1.165) is 41.0 Å². The van der Waals surface area contributed by atoms with E-state index in [0.29, 0.717) is 0 Å². The number of para-hydroxylation sites is 1. The lowest BCUT2D eigenvalue weighted by Crippen LogP contribution is -2.41. The van der Waals surface area contributed by atoms with E-state index < -0.39 is 0 Å². The highest BCUT2D eigenvalue weighted by atomic mass is 79.9. The fourth-order valence-electron chi connectivity index (χ4n) is 2.46. The molecule has 0 radical (unpaired) electrons. The second kappa shape index (κ2) is 6.62. The summed E-state index contributed by atoms with van der Waals surface area (Å²) in [6.45, 7) is 1.50. The summed E-state index contributed by atoms with van der Waals surface area (Å²) >= 11 is 4.91. The normalized spacial score (nSPS) is 16.0. The molecule has 2 heterocycles. The van der Waals surface area contributed by atoms with Gasteiger partial charge in [-0.1, -0.05) is 18.2 Å². The summed E-state index contributed by atoms with van der Waals surface area (Å²) in [6, 6.07) is 11.8. The van der Waals surface area contributed by atoms with E-state index in [1.165, 1.54) is 11.3 Å². The molecule has 5 heteroatoms. The molecule has 1 aromatic carbocycles. The summed E-state index contributed by atoms with van der Waals surface area (Å²) in [5.41, 5.74) is 0. The van der Waals surface area contributed by atoms with Gasteiger partial charge in [-0.15, -0.1) is 11.3 Å². The van der Waals surface area contributed by atoms with Crippen molar-refractivity contribution in [3.05, 3.63) is 51.1 Å². The Labute approximate surface area is 136 Å². The van der Waals surface area contributed by atoms with Crippen LogP contribution in [0.15, 0.2) is 46.3 Å². The summed E-state index contributed by atoms with van der Waals surface area (Å²) in [4.78, 5) is 15.1. The van der Waals surface area contributed by atoms with Crippen LogP contribution in [-0.2, 0) is 0 Å². The van der Waals surface area contributed by atoms with Crippen LogP contribution in [0.3, 0.4) is 0 Å². The number of hydrogen-bond acceptors (Lipinski definition) is 3. The Morgan fingerprint density at radius 3 is 2.52 bits per heavy atom. The lowest BCUT2D eigenvalue weighted by atomic mass is 10.1. The van der Waals surface area contributed by atoms with Crippen LogP contribution < -0.4 is 4.74 Å². The van der Waals surface area contributed by atoms with Gasteiger partial charge in [-0.05, 0) is 39.5 Å². The Bertz CT molecular complexity index is 606. The van der Waals surface area contributed by atoms with E-state index in [1.807, 2.05) is 46.7 Å². The van der Waals surface area contributed by atoms with Crippen molar-refractivity contribution in [2.75, 3.05) is 13.1 Å². The Hall–Kier alpha value is -1.33. The van der Waals surface area contributed by atoms with Crippen molar-refractivity contribution >= 4 is 33.2 Å². The summed E-state index contributed by atoms with van der Waals surface area (Å²) in [7, 11) is 0. The molecule has 0 bridgehead atoms. The van der Waals surface area contributed by atoms with Crippen LogP contribution in [0.2, 0.25) is 0 Å². The molecule has 0 saturated carbocycles. The number of likely N-dealkylation sites (tertiary alicyclic amines) is 1. The monoisotopic (exact) mass is 365 g/mol. The number of carbonyl (C=O) groups is 1. The quantitative estimate of drug-likeness (QED) is 0.815. The summed E-state index contributed by atoms with van der Waals surface area (Å²) in [5.74, 6) is 1.03. The summed E-state index contributed by atoms with van der Waals surface area (Å²) in [6.07, 6.45) is 1.95. The third-order valence-corrected chi connectivity index (χ3v) is 5.41. The SMILES string of the molecule is O=C(c1sccc1Br)N1CCC(Oc2ccccc2)CC1. The molecule has 0 aliphatic carbocycles. The fourth-order valence-corrected chi connectivity index (χ4v) is 3.97. The first-order valence-electron chi connectivity index (χ1n) is 6.98. The van der Waals surface area contributed by atoms with Crippen molar-refractivity contribution in [3.8, 4) is 5.75 Å².